The van der Waals surface area contributed by atoms with Crippen LogP contribution in [0.15, 0.2) is 53.4 Å². The molecule has 2 fully saturated rings. The molecule has 9 nitrogen and oxygen atoms in total. The Balaban J connectivity index is 1.47. The van der Waals surface area contributed by atoms with Crippen LogP contribution in [0.5, 0.6) is 5.88 Å². The molecule has 5 rings (SSSR count). The number of rotatable bonds is 13. The van der Waals surface area contributed by atoms with Gasteiger partial charge >= 0.3 is 6.18 Å². The molecular formula is C34H42F3N5O4S. The molecule has 2 N–H and O–H groups in total. The molecular weight excluding hydrogens is 631 g/mol. The van der Waals surface area contributed by atoms with Crippen molar-refractivity contribution in [3.8, 4) is 17.1 Å². The number of ether oxygens (including phenoxy) is 1. The molecule has 1 aromatic heterocycles. The first-order valence-electron chi connectivity index (χ1n) is 15.9. The van der Waals surface area contributed by atoms with Gasteiger partial charge in [-0.2, -0.15) is 18.2 Å². The normalized spacial score (nSPS) is 20.1. The SMILES string of the molecule is CNC1CCC(N(C)[C@@H](COc2cc(-c3c(C)cccc3C)nc(NS(=O)(=O)c3cccc(C=O)c3)n2)CC2(C(F)(F)F)CC2)CC1. The minimum atomic E-state index is -4.31. The van der Waals surface area contributed by atoms with Gasteiger partial charge in [-0.05, 0) is 96.1 Å². The molecule has 0 bridgehead atoms. The number of anilines is 1. The molecule has 0 amide bonds. The third-order valence-electron chi connectivity index (χ3n) is 9.73. The van der Waals surface area contributed by atoms with Gasteiger partial charge in [0.15, 0.2) is 0 Å². The second kappa shape index (κ2) is 13.9. The van der Waals surface area contributed by atoms with Crippen LogP contribution >= 0.6 is 0 Å². The fourth-order valence-corrected chi connectivity index (χ4v) is 7.60. The molecule has 2 aliphatic rings. The monoisotopic (exact) mass is 673 g/mol. The van der Waals surface area contributed by atoms with Crippen molar-refractivity contribution >= 4 is 22.3 Å². The van der Waals surface area contributed by atoms with Gasteiger partial charge < -0.3 is 10.1 Å². The van der Waals surface area contributed by atoms with Gasteiger partial charge in [0.2, 0.25) is 11.8 Å². The Labute approximate surface area is 274 Å². The standard InChI is InChI=1S/C34H42F3N5O4S/c1-22-7-5-8-23(2)31(22)29-18-30(40-32(39-29)41-47(44,45)28-10-6-9-24(17-28)20-43)46-21-27(19-33(15-16-33)34(35,36)37)42(4)26-13-11-25(38-3)12-14-26/h5-10,17-18,20,25-27,38H,11-16,19,21H2,1-4H3,(H,39,40,41)/t25?,26?,27-/m1/s1. The fourth-order valence-electron chi connectivity index (χ4n) is 6.60. The highest BCUT2D eigenvalue weighted by Gasteiger charge is 2.63. The molecule has 2 saturated carbocycles. The molecule has 3 aromatic rings. The summed E-state index contributed by atoms with van der Waals surface area (Å²) < 4.78 is 77.8. The number of hydrogen-bond acceptors (Lipinski definition) is 8. The van der Waals surface area contributed by atoms with E-state index in [2.05, 4.69) is 20.0 Å². The number of alkyl halides is 3. The van der Waals surface area contributed by atoms with Crippen molar-refractivity contribution in [3.63, 3.8) is 0 Å². The minimum absolute atomic E-state index is 0.0335. The molecule has 13 heteroatoms. The summed E-state index contributed by atoms with van der Waals surface area (Å²) in [6.45, 7) is 3.73. The van der Waals surface area contributed by atoms with Crippen molar-refractivity contribution in [2.75, 3.05) is 25.4 Å². The quantitative estimate of drug-likeness (QED) is 0.203. The van der Waals surface area contributed by atoms with Crippen molar-refractivity contribution in [2.24, 2.45) is 5.41 Å². The minimum Gasteiger partial charge on any atom is -0.476 e. The molecule has 2 aliphatic carbocycles. The number of carbonyl (C=O) groups is 1. The van der Waals surface area contributed by atoms with Gasteiger partial charge in [-0.15, -0.1) is 0 Å². The number of sulfonamides is 1. The second-order valence-electron chi connectivity index (χ2n) is 12.9. The van der Waals surface area contributed by atoms with Crippen LogP contribution in [0.3, 0.4) is 0 Å². The summed E-state index contributed by atoms with van der Waals surface area (Å²) in [5, 5.41) is 3.30. The maximum Gasteiger partial charge on any atom is 0.394 e. The van der Waals surface area contributed by atoms with E-state index < -0.39 is 27.7 Å². The lowest BCUT2D eigenvalue weighted by atomic mass is 9.88. The predicted molar refractivity (Wildman–Crippen MR) is 174 cm³/mol. The summed E-state index contributed by atoms with van der Waals surface area (Å²) in [6.07, 6.45) is -0.0796. The highest BCUT2D eigenvalue weighted by atomic mass is 32.2. The second-order valence-corrected chi connectivity index (χ2v) is 14.6. The van der Waals surface area contributed by atoms with Crippen molar-refractivity contribution < 1.29 is 31.1 Å². The number of benzene rings is 2. The summed E-state index contributed by atoms with van der Waals surface area (Å²) >= 11 is 0. The van der Waals surface area contributed by atoms with Crippen LogP contribution in [-0.2, 0) is 10.0 Å². The van der Waals surface area contributed by atoms with Crippen LogP contribution in [0, 0.1) is 19.3 Å². The molecule has 0 aliphatic heterocycles. The highest BCUT2D eigenvalue weighted by Crippen LogP contribution is 2.61. The van der Waals surface area contributed by atoms with E-state index in [-0.39, 0.29) is 54.2 Å². The predicted octanol–water partition coefficient (Wildman–Crippen LogP) is 6.32. The number of carbonyl (C=O) groups excluding carboxylic acids is 1. The lowest BCUT2D eigenvalue weighted by Crippen LogP contribution is -2.48. The molecule has 1 atom stereocenters. The van der Waals surface area contributed by atoms with E-state index in [1.54, 1.807) is 6.07 Å². The Bertz CT molecular complexity index is 1670. The first kappa shape index (κ1) is 34.8. The zero-order valence-electron chi connectivity index (χ0n) is 27.1. The Morgan fingerprint density at radius 3 is 2.30 bits per heavy atom. The number of aromatic nitrogens is 2. The van der Waals surface area contributed by atoms with Crippen LogP contribution in [0.1, 0.15) is 66.4 Å². The first-order valence-corrected chi connectivity index (χ1v) is 17.4. The van der Waals surface area contributed by atoms with E-state index >= 15 is 0 Å². The average Bonchev–Trinajstić information content (AvgIpc) is 3.84. The lowest BCUT2D eigenvalue weighted by molar-refractivity contribution is -0.193. The third-order valence-corrected chi connectivity index (χ3v) is 11.1. The molecule has 0 saturated heterocycles. The number of aryl methyl sites for hydroxylation is 2. The molecule has 1 heterocycles. The van der Waals surface area contributed by atoms with Gasteiger partial charge in [0, 0.05) is 35.3 Å². The smallest absolute Gasteiger partial charge is 0.394 e. The summed E-state index contributed by atoms with van der Waals surface area (Å²) in [7, 11) is -0.406. The van der Waals surface area contributed by atoms with Crippen LogP contribution in [0.2, 0.25) is 0 Å². The number of nitrogens with zero attached hydrogens (tertiary/aromatic N) is 3. The van der Waals surface area contributed by atoms with Gasteiger partial charge in [-0.1, -0.05) is 30.3 Å². The molecule has 254 valence electrons. The van der Waals surface area contributed by atoms with Gasteiger partial charge in [0.1, 0.15) is 12.9 Å². The molecule has 0 unspecified atom stereocenters. The zero-order chi connectivity index (χ0) is 34.0. The molecule has 0 spiro atoms. The van der Waals surface area contributed by atoms with Crippen molar-refractivity contribution in [2.45, 2.75) is 88.0 Å². The number of nitrogens with one attached hydrogen (secondary N) is 2. The molecule has 0 radical (unpaired) electrons. The number of halogens is 3. The van der Waals surface area contributed by atoms with E-state index in [1.807, 2.05) is 51.0 Å². The van der Waals surface area contributed by atoms with E-state index in [4.69, 9.17) is 4.74 Å². The zero-order valence-corrected chi connectivity index (χ0v) is 27.9. The van der Waals surface area contributed by atoms with Gasteiger partial charge in [0.25, 0.3) is 10.0 Å². The van der Waals surface area contributed by atoms with Crippen LogP contribution < -0.4 is 14.8 Å². The Morgan fingerprint density at radius 2 is 1.70 bits per heavy atom. The van der Waals surface area contributed by atoms with Crippen LogP contribution in [0.4, 0.5) is 19.1 Å². The topological polar surface area (TPSA) is 114 Å². The van der Waals surface area contributed by atoms with Gasteiger partial charge in [0.05, 0.1) is 16.0 Å². The molecule has 47 heavy (non-hydrogen) atoms. The average molecular weight is 674 g/mol. The van der Waals surface area contributed by atoms with E-state index in [9.17, 15) is 26.4 Å². The van der Waals surface area contributed by atoms with Gasteiger partial charge in [-0.3, -0.25) is 9.69 Å². The third kappa shape index (κ3) is 7.95. The van der Waals surface area contributed by atoms with Crippen LogP contribution in [0.25, 0.3) is 11.3 Å². The summed E-state index contributed by atoms with van der Waals surface area (Å²) in [4.78, 5) is 22.0. The first-order chi connectivity index (χ1) is 22.2. The summed E-state index contributed by atoms with van der Waals surface area (Å²) in [5.74, 6) is -0.230. The van der Waals surface area contributed by atoms with E-state index in [0.717, 1.165) is 42.4 Å². The summed E-state index contributed by atoms with van der Waals surface area (Å²) in [6, 6.07) is 12.8. The molecule has 2 aromatic carbocycles. The van der Waals surface area contributed by atoms with Crippen molar-refractivity contribution in [1.29, 1.82) is 0 Å². The van der Waals surface area contributed by atoms with Gasteiger partial charge in [-0.25, -0.2) is 18.1 Å². The largest absolute Gasteiger partial charge is 0.476 e. The fraction of sp³-hybridized carbons (Fsp3) is 0.500. The number of aldehydes is 1. The number of hydrogen-bond donors (Lipinski definition) is 2. The van der Waals surface area contributed by atoms with Crippen molar-refractivity contribution in [3.05, 3.63) is 65.2 Å². The lowest BCUT2D eigenvalue weighted by Gasteiger charge is -2.40. The maximum atomic E-state index is 14.2. The Kier molecular flexibility index (Phi) is 10.3. The highest BCUT2D eigenvalue weighted by molar-refractivity contribution is 7.92. The summed E-state index contributed by atoms with van der Waals surface area (Å²) in [5.41, 5.74) is 1.38. The Morgan fingerprint density at radius 1 is 1.04 bits per heavy atom. The van der Waals surface area contributed by atoms with Crippen molar-refractivity contribution in [1.82, 2.24) is 20.2 Å². The number of likely N-dealkylation sites (N-methyl/N-ethyl adjacent to an activating group) is 1. The Hall–Kier alpha value is -3.55. The van der Waals surface area contributed by atoms with Crippen LogP contribution in [-0.4, -0.2) is 74.6 Å². The van der Waals surface area contributed by atoms with E-state index in [1.165, 1.54) is 24.3 Å². The maximum absolute atomic E-state index is 14.2. The van der Waals surface area contributed by atoms with E-state index in [0.29, 0.717) is 18.0 Å².